The minimum absolute atomic E-state index is 0.00355. The normalized spacial score (nSPS) is 23.0. The van der Waals surface area contributed by atoms with Crippen molar-refractivity contribution in [3.63, 3.8) is 0 Å². The predicted molar refractivity (Wildman–Crippen MR) is 166 cm³/mol. The number of halogens is 2. The number of likely N-dealkylation sites (N-methyl/N-ethyl adjacent to an activating group) is 1. The van der Waals surface area contributed by atoms with Crippen molar-refractivity contribution in [1.82, 2.24) is 19.6 Å². The number of carbonyl (C=O) groups is 2. The van der Waals surface area contributed by atoms with Crippen molar-refractivity contribution in [2.24, 2.45) is 0 Å². The average Bonchev–Trinajstić information content (AvgIpc) is 3.46. The van der Waals surface area contributed by atoms with Crippen LogP contribution in [0.4, 0.5) is 0 Å². The molecule has 1 unspecified atom stereocenters. The molecule has 0 saturated carbocycles. The summed E-state index contributed by atoms with van der Waals surface area (Å²) in [5, 5.41) is 9.45. The molecule has 0 aliphatic carbocycles. The number of piperazine rings is 2. The Bertz CT molecular complexity index is 1240. The smallest absolute Gasteiger partial charge is 0.254 e. The van der Waals surface area contributed by atoms with Gasteiger partial charge >= 0.3 is 0 Å². The molecule has 3 aliphatic rings. The number of carbonyl (C=O) groups excluding carboxylic acids is 2. The zero-order valence-corrected chi connectivity index (χ0v) is 26.7. The van der Waals surface area contributed by atoms with Gasteiger partial charge in [0, 0.05) is 63.3 Å². The minimum atomic E-state index is -0.500. The van der Waals surface area contributed by atoms with E-state index in [0.717, 1.165) is 36.3 Å². The highest BCUT2D eigenvalue weighted by Crippen LogP contribution is 2.33. The summed E-state index contributed by atoms with van der Waals surface area (Å²) < 4.78 is 0. The standard InChI is InChI=1S/C28H34Cl2N4O2.C4H10O/c1-18-10-19(2)12-21(11-18)28(36)33-8-9-34(26(17-33)20-4-5-24(29)25(30)13-20)27(35)6-7-32-16-22-14-23(32)15-31(22)3;1-4(2,3)5/h4-5,10-13,22-23,26H,6-9,14-17H2,1-3H3;5H,1-3H3/t22-,23?,26+;/m1./s1. The van der Waals surface area contributed by atoms with Gasteiger partial charge in [-0.15, -0.1) is 0 Å². The maximum absolute atomic E-state index is 13.5. The molecule has 5 rings (SSSR count). The average molecular weight is 604 g/mol. The predicted octanol–water partition coefficient (Wildman–Crippen LogP) is 5.19. The van der Waals surface area contributed by atoms with E-state index in [0.29, 0.717) is 53.7 Å². The summed E-state index contributed by atoms with van der Waals surface area (Å²) in [4.78, 5) is 35.7. The summed E-state index contributed by atoms with van der Waals surface area (Å²) in [7, 11) is 2.19. The molecular formula is C32H44Cl2N4O3. The Balaban J connectivity index is 0.000000714. The molecule has 2 bridgehead atoms. The molecular weight excluding hydrogens is 559 g/mol. The van der Waals surface area contributed by atoms with Crippen molar-refractivity contribution in [2.45, 2.75) is 71.2 Å². The molecule has 3 fully saturated rings. The molecule has 0 aromatic heterocycles. The van der Waals surface area contributed by atoms with Gasteiger partial charge in [0.1, 0.15) is 0 Å². The first-order valence-corrected chi connectivity index (χ1v) is 15.2. The third-order valence-corrected chi connectivity index (χ3v) is 8.76. The van der Waals surface area contributed by atoms with Crippen LogP contribution in [0.15, 0.2) is 36.4 Å². The molecule has 2 aromatic carbocycles. The van der Waals surface area contributed by atoms with Crippen LogP contribution in [-0.4, -0.2) is 101 Å². The third kappa shape index (κ3) is 8.23. The first kappa shape index (κ1) is 31.8. The van der Waals surface area contributed by atoms with Gasteiger partial charge in [0.15, 0.2) is 0 Å². The zero-order chi connectivity index (χ0) is 30.1. The molecule has 2 amide bonds. The second-order valence-corrected chi connectivity index (χ2v) is 13.6. The van der Waals surface area contributed by atoms with E-state index in [-0.39, 0.29) is 17.9 Å². The van der Waals surface area contributed by atoms with Crippen molar-refractivity contribution in [3.8, 4) is 0 Å². The fraction of sp³-hybridized carbons (Fsp3) is 0.562. The number of nitrogens with zero attached hydrogens (tertiary/aromatic N) is 4. The zero-order valence-electron chi connectivity index (χ0n) is 25.2. The molecule has 3 heterocycles. The van der Waals surface area contributed by atoms with E-state index < -0.39 is 5.60 Å². The second-order valence-electron chi connectivity index (χ2n) is 12.8. The number of amides is 2. The summed E-state index contributed by atoms with van der Waals surface area (Å²) in [6.45, 7) is 13.6. The lowest BCUT2D eigenvalue weighted by Gasteiger charge is -2.42. The molecule has 3 atom stereocenters. The lowest BCUT2D eigenvalue weighted by molar-refractivity contribution is -0.136. The first-order chi connectivity index (χ1) is 19.2. The Morgan fingerprint density at radius 1 is 0.927 bits per heavy atom. The Morgan fingerprint density at radius 3 is 2.15 bits per heavy atom. The fourth-order valence-corrected chi connectivity index (χ4v) is 6.46. The van der Waals surface area contributed by atoms with Gasteiger partial charge < -0.3 is 19.8 Å². The van der Waals surface area contributed by atoms with Crippen LogP contribution in [0.2, 0.25) is 10.0 Å². The molecule has 2 aromatic rings. The maximum atomic E-state index is 13.5. The molecule has 7 nitrogen and oxygen atoms in total. The molecule has 9 heteroatoms. The summed E-state index contributed by atoms with van der Waals surface area (Å²) >= 11 is 12.5. The molecule has 1 N–H and O–H groups in total. The second kappa shape index (κ2) is 13.0. The molecule has 0 radical (unpaired) electrons. The van der Waals surface area contributed by atoms with Gasteiger partial charge in [-0.3, -0.25) is 14.5 Å². The van der Waals surface area contributed by atoms with Crippen LogP contribution < -0.4 is 0 Å². The van der Waals surface area contributed by atoms with E-state index >= 15 is 0 Å². The van der Waals surface area contributed by atoms with Crippen molar-refractivity contribution in [2.75, 3.05) is 46.3 Å². The number of hydrogen-bond donors (Lipinski definition) is 1. The Hall–Kier alpha value is -2.16. The van der Waals surface area contributed by atoms with Gasteiger partial charge in [0.05, 0.1) is 21.7 Å². The van der Waals surface area contributed by atoms with E-state index in [2.05, 4.69) is 22.9 Å². The molecule has 3 saturated heterocycles. The summed E-state index contributed by atoms with van der Waals surface area (Å²) in [6, 6.07) is 12.4. The van der Waals surface area contributed by atoms with Crippen molar-refractivity contribution >= 4 is 35.0 Å². The van der Waals surface area contributed by atoms with Crippen LogP contribution in [-0.2, 0) is 4.79 Å². The van der Waals surface area contributed by atoms with Crippen LogP contribution in [0.3, 0.4) is 0 Å². The Kier molecular flexibility index (Phi) is 10.1. The van der Waals surface area contributed by atoms with Crippen LogP contribution in [0, 0.1) is 13.8 Å². The van der Waals surface area contributed by atoms with Gasteiger partial charge in [-0.1, -0.05) is 46.5 Å². The highest BCUT2D eigenvalue weighted by Gasteiger charge is 2.41. The number of likely N-dealkylation sites (tertiary alicyclic amines) is 2. The van der Waals surface area contributed by atoms with Gasteiger partial charge in [0.2, 0.25) is 5.91 Å². The lowest BCUT2D eigenvalue weighted by atomic mass is 10.00. The summed E-state index contributed by atoms with van der Waals surface area (Å²) in [5.74, 6) is 0.122. The molecule has 224 valence electrons. The van der Waals surface area contributed by atoms with Gasteiger partial charge in [0.25, 0.3) is 5.91 Å². The van der Waals surface area contributed by atoms with Gasteiger partial charge in [-0.05, 0) is 77.9 Å². The number of benzene rings is 2. The van der Waals surface area contributed by atoms with E-state index in [1.807, 2.05) is 47.9 Å². The number of fused-ring (bicyclic) bond motifs is 2. The van der Waals surface area contributed by atoms with E-state index in [1.54, 1.807) is 26.8 Å². The Labute approximate surface area is 255 Å². The SMILES string of the molecule is CC(C)(C)O.Cc1cc(C)cc(C(=O)N2CCN(C(=O)CCN3C[C@H]4CC3CN4C)[C@H](c3ccc(Cl)c(Cl)c3)C2)c1. The van der Waals surface area contributed by atoms with Crippen LogP contribution in [0.1, 0.15) is 66.7 Å². The van der Waals surface area contributed by atoms with Gasteiger partial charge in [-0.2, -0.15) is 0 Å². The lowest BCUT2D eigenvalue weighted by Crippen LogP contribution is -2.53. The molecule has 41 heavy (non-hydrogen) atoms. The van der Waals surface area contributed by atoms with E-state index in [1.165, 1.54) is 6.42 Å². The highest BCUT2D eigenvalue weighted by molar-refractivity contribution is 6.42. The van der Waals surface area contributed by atoms with Crippen molar-refractivity contribution in [3.05, 3.63) is 68.7 Å². The first-order valence-electron chi connectivity index (χ1n) is 14.5. The number of aliphatic hydroxyl groups is 1. The third-order valence-electron chi connectivity index (χ3n) is 8.03. The van der Waals surface area contributed by atoms with E-state index in [9.17, 15) is 9.59 Å². The summed E-state index contributed by atoms with van der Waals surface area (Å²) in [6.07, 6.45) is 1.69. The van der Waals surface area contributed by atoms with Gasteiger partial charge in [-0.25, -0.2) is 0 Å². The van der Waals surface area contributed by atoms with E-state index in [4.69, 9.17) is 28.3 Å². The van der Waals surface area contributed by atoms with Crippen LogP contribution >= 0.6 is 23.2 Å². The van der Waals surface area contributed by atoms with Crippen LogP contribution in [0.25, 0.3) is 0 Å². The van der Waals surface area contributed by atoms with Crippen molar-refractivity contribution < 1.29 is 14.7 Å². The summed E-state index contributed by atoms with van der Waals surface area (Å²) in [5.41, 5.74) is 3.22. The largest absolute Gasteiger partial charge is 0.391 e. The maximum Gasteiger partial charge on any atom is 0.254 e. The topological polar surface area (TPSA) is 67.3 Å². The quantitative estimate of drug-likeness (QED) is 0.510. The van der Waals surface area contributed by atoms with Crippen LogP contribution in [0.5, 0.6) is 0 Å². The Morgan fingerprint density at radius 2 is 1.59 bits per heavy atom. The monoisotopic (exact) mass is 602 g/mol. The molecule has 3 aliphatic heterocycles. The number of hydrogen-bond acceptors (Lipinski definition) is 5. The van der Waals surface area contributed by atoms with Crippen molar-refractivity contribution in [1.29, 1.82) is 0 Å². The fourth-order valence-electron chi connectivity index (χ4n) is 6.16. The number of aryl methyl sites for hydroxylation is 2. The minimum Gasteiger partial charge on any atom is -0.391 e. The number of rotatable bonds is 5. The highest BCUT2D eigenvalue weighted by atomic mass is 35.5. The molecule has 0 spiro atoms.